The van der Waals surface area contributed by atoms with E-state index in [2.05, 4.69) is 10.3 Å². The van der Waals surface area contributed by atoms with Crippen molar-refractivity contribution in [2.24, 2.45) is 0 Å². The second-order valence-electron chi connectivity index (χ2n) is 6.61. The molecule has 0 aromatic carbocycles. The molecule has 1 fully saturated rings. The highest BCUT2D eigenvalue weighted by Crippen LogP contribution is 2.28. The molecule has 0 radical (unpaired) electrons. The predicted octanol–water partition coefficient (Wildman–Crippen LogP) is 1.15. The van der Waals surface area contributed by atoms with Crippen LogP contribution in [0.2, 0.25) is 0 Å². The molecule has 0 saturated carbocycles. The van der Waals surface area contributed by atoms with Crippen LogP contribution in [0.25, 0.3) is 0 Å². The van der Waals surface area contributed by atoms with Crippen LogP contribution in [0.4, 0.5) is 0 Å². The zero-order valence-corrected chi connectivity index (χ0v) is 13.6. The van der Waals surface area contributed by atoms with Gasteiger partial charge in [0, 0.05) is 17.7 Å². The molecule has 2 aliphatic rings. The largest absolute Gasteiger partial charge is 0.354 e. The molecule has 7 heteroatoms. The number of carbonyl (C=O) groups is 2. The Kier molecular flexibility index (Phi) is 3.43. The third-order valence-electron chi connectivity index (χ3n) is 4.58. The number of H-pyrrole nitrogens is 1. The average Bonchev–Trinajstić information content (AvgIpc) is 2.88. The maximum atomic E-state index is 12.5. The Hall–Kier alpha value is -1.63. The summed E-state index contributed by atoms with van der Waals surface area (Å²) < 4.78 is 23.3. The molecular formula is C15H20N2O4S. The van der Waals surface area contributed by atoms with Crippen LogP contribution in [0, 0.1) is 6.92 Å². The topological polar surface area (TPSA) is 96.1 Å². The van der Waals surface area contributed by atoms with Gasteiger partial charge in [0.05, 0.1) is 17.0 Å². The molecule has 1 saturated heterocycles. The first-order chi connectivity index (χ1) is 10.2. The smallest absolute Gasteiger partial charge is 0.268 e. The Morgan fingerprint density at radius 1 is 1.32 bits per heavy atom. The Balaban J connectivity index is 1.86. The van der Waals surface area contributed by atoms with Gasteiger partial charge in [0.15, 0.2) is 15.6 Å². The van der Waals surface area contributed by atoms with Gasteiger partial charge < -0.3 is 10.3 Å². The molecule has 3 rings (SSSR count). The molecule has 6 nitrogen and oxygen atoms in total. The number of ketones is 1. The molecule has 1 aromatic rings. The van der Waals surface area contributed by atoms with Gasteiger partial charge in [-0.25, -0.2) is 8.42 Å². The van der Waals surface area contributed by atoms with Crippen molar-refractivity contribution in [3.05, 3.63) is 22.5 Å². The Labute approximate surface area is 129 Å². The lowest BCUT2D eigenvalue weighted by molar-refractivity contribution is 0.0909. The summed E-state index contributed by atoms with van der Waals surface area (Å²) in [6.45, 7) is 3.51. The fourth-order valence-corrected chi connectivity index (χ4v) is 5.54. The second kappa shape index (κ2) is 4.94. The maximum absolute atomic E-state index is 12.5. The maximum Gasteiger partial charge on any atom is 0.268 e. The number of fused-ring (bicyclic) bond motifs is 1. The molecule has 0 bridgehead atoms. The first-order valence-corrected chi connectivity index (χ1v) is 9.30. The Morgan fingerprint density at radius 3 is 2.64 bits per heavy atom. The van der Waals surface area contributed by atoms with Crippen molar-refractivity contribution >= 4 is 21.5 Å². The molecule has 1 unspecified atom stereocenters. The Morgan fingerprint density at radius 2 is 2.05 bits per heavy atom. The van der Waals surface area contributed by atoms with E-state index in [-0.39, 0.29) is 23.2 Å². The van der Waals surface area contributed by atoms with Crippen molar-refractivity contribution < 1.29 is 18.0 Å². The first kappa shape index (κ1) is 15.3. The van der Waals surface area contributed by atoms with Gasteiger partial charge in [0.25, 0.3) is 5.91 Å². The number of aryl methyl sites for hydroxylation is 1. The lowest BCUT2D eigenvalue weighted by atomic mass is 9.93. The highest BCUT2D eigenvalue weighted by Gasteiger charge is 2.40. The fourth-order valence-electron chi connectivity index (χ4n) is 3.45. The molecule has 1 amide bonds. The fraction of sp³-hybridized carbons (Fsp3) is 0.600. The van der Waals surface area contributed by atoms with Crippen molar-refractivity contribution in [1.29, 1.82) is 0 Å². The van der Waals surface area contributed by atoms with E-state index in [1.807, 2.05) is 0 Å². The lowest BCUT2D eigenvalue weighted by Crippen LogP contribution is -2.47. The van der Waals surface area contributed by atoms with Gasteiger partial charge in [-0.15, -0.1) is 0 Å². The average molecular weight is 324 g/mol. The normalized spacial score (nSPS) is 26.7. The molecule has 2 N–H and O–H groups in total. The number of carbonyl (C=O) groups excluding carboxylic acids is 2. The van der Waals surface area contributed by atoms with Crippen molar-refractivity contribution in [2.75, 3.05) is 11.5 Å². The molecule has 22 heavy (non-hydrogen) atoms. The van der Waals surface area contributed by atoms with Gasteiger partial charge >= 0.3 is 0 Å². The molecule has 1 atom stereocenters. The number of nitrogens with one attached hydrogen (secondary N) is 2. The molecule has 1 aromatic heterocycles. The van der Waals surface area contributed by atoms with Crippen LogP contribution in [0.3, 0.4) is 0 Å². The van der Waals surface area contributed by atoms with E-state index >= 15 is 0 Å². The van der Waals surface area contributed by atoms with Gasteiger partial charge in [-0.2, -0.15) is 0 Å². The number of amides is 1. The van der Waals surface area contributed by atoms with Gasteiger partial charge in [-0.05, 0) is 38.7 Å². The quantitative estimate of drug-likeness (QED) is 0.853. The minimum atomic E-state index is -3.08. The molecule has 120 valence electrons. The molecule has 1 aliphatic heterocycles. The number of hydrogen-bond donors (Lipinski definition) is 2. The summed E-state index contributed by atoms with van der Waals surface area (Å²) in [5.74, 6) is -0.199. The zero-order valence-electron chi connectivity index (χ0n) is 12.8. The van der Waals surface area contributed by atoms with Crippen molar-refractivity contribution in [1.82, 2.24) is 10.3 Å². The van der Waals surface area contributed by atoms with Crippen molar-refractivity contribution in [3.63, 3.8) is 0 Å². The molecule has 2 heterocycles. The summed E-state index contributed by atoms with van der Waals surface area (Å²) in [7, 11) is -3.08. The summed E-state index contributed by atoms with van der Waals surface area (Å²) >= 11 is 0. The lowest BCUT2D eigenvalue weighted by Gasteiger charge is -2.23. The zero-order chi connectivity index (χ0) is 16.1. The van der Waals surface area contributed by atoms with E-state index < -0.39 is 15.4 Å². The van der Waals surface area contributed by atoms with Crippen LogP contribution < -0.4 is 5.32 Å². The highest BCUT2D eigenvalue weighted by atomic mass is 32.2. The Bertz CT molecular complexity index is 763. The van der Waals surface area contributed by atoms with E-state index in [0.717, 1.165) is 18.5 Å². The number of rotatable bonds is 2. The minimum absolute atomic E-state index is 0.0376. The highest BCUT2D eigenvalue weighted by molar-refractivity contribution is 7.91. The monoisotopic (exact) mass is 324 g/mol. The number of hydrogen-bond acceptors (Lipinski definition) is 4. The summed E-state index contributed by atoms with van der Waals surface area (Å²) in [5, 5.41) is 2.83. The van der Waals surface area contributed by atoms with E-state index in [1.165, 1.54) is 0 Å². The van der Waals surface area contributed by atoms with E-state index in [4.69, 9.17) is 0 Å². The SMILES string of the molecule is Cc1c(C(=O)NC2(C)CCS(=O)(=O)C2)[nH]c2c1C(=O)CCC2. The first-order valence-electron chi connectivity index (χ1n) is 7.48. The van der Waals surface area contributed by atoms with Crippen LogP contribution in [0.15, 0.2) is 0 Å². The summed E-state index contributed by atoms with van der Waals surface area (Å²) in [6, 6.07) is 0. The third-order valence-corrected chi connectivity index (χ3v) is 6.49. The standard InChI is InChI=1S/C15H20N2O4S/c1-9-12-10(4-3-5-11(12)18)16-13(9)14(19)17-15(2)6-7-22(20,21)8-15/h16H,3-8H2,1-2H3,(H,17,19). The van der Waals surface area contributed by atoms with Crippen molar-refractivity contribution in [3.8, 4) is 0 Å². The summed E-state index contributed by atoms with van der Waals surface area (Å²) in [6.07, 6.45) is 2.49. The molecule has 1 aliphatic carbocycles. The number of aromatic amines is 1. The predicted molar refractivity (Wildman–Crippen MR) is 81.9 cm³/mol. The van der Waals surface area contributed by atoms with Crippen LogP contribution >= 0.6 is 0 Å². The molecular weight excluding hydrogens is 304 g/mol. The third kappa shape index (κ3) is 2.58. The number of aromatic nitrogens is 1. The van der Waals surface area contributed by atoms with Gasteiger partial charge in [-0.3, -0.25) is 9.59 Å². The van der Waals surface area contributed by atoms with E-state index in [1.54, 1.807) is 13.8 Å². The van der Waals surface area contributed by atoms with Gasteiger partial charge in [0.2, 0.25) is 0 Å². The van der Waals surface area contributed by atoms with E-state index in [0.29, 0.717) is 29.7 Å². The van der Waals surface area contributed by atoms with Gasteiger partial charge in [0.1, 0.15) is 5.69 Å². The van der Waals surface area contributed by atoms with Gasteiger partial charge in [-0.1, -0.05) is 0 Å². The van der Waals surface area contributed by atoms with Crippen LogP contribution in [-0.4, -0.2) is 42.1 Å². The van der Waals surface area contributed by atoms with Crippen molar-refractivity contribution in [2.45, 2.75) is 45.1 Å². The number of Topliss-reactive ketones (excluding diaryl/α,β-unsaturated/α-hetero) is 1. The second-order valence-corrected chi connectivity index (χ2v) is 8.80. The molecule has 0 spiro atoms. The van der Waals surface area contributed by atoms with E-state index in [9.17, 15) is 18.0 Å². The summed E-state index contributed by atoms with van der Waals surface area (Å²) in [4.78, 5) is 27.6. The van der Waals surface area contributed by atoms with Crippen LogP contribution in [0.1, 0.15) is 58.3 Å². The summed E-state index contributed by atoms with van der Waals surface area (Å²) in [5.41, 5.74) is 1.77. The minimum Gasteiger partial charge on any atom is -0.354 e. The van der Waals surface area contributed by atoms with Crippen LogP contribution in [0.5, 0.6) is 0 Å². The van der Waals surface area contributed by atoms with Crippen LogP contribution in [-0.2, 0) is 16.3 Å². The number of sulfone groups is 1.